The van der Waals surface area contributed by atoms with Gasteiger partial charge in [0.05, 0.1) is 6.04 Å². The summed E-state index contributed by atoms with van der Waals surface area (Å²) in [5, 5.41) is 0. The van der Waals surface area contributed by atoms with Crippen LogP contribution in [-0.4, -0.2) is 17.4 Å². The molecule has 0 aromatic heterocycles. The Morgan fingerprint density at radius 1 is 1.37 bits per heavy atom. The van der Waals surface area contributed by atoms with Gasteiger partial charge in [0.2, 0.25) is 5.91 Å². The molecule has 0 radical (unpaired) electrons. The van der Waals surface area contributed by atoms with Gasteiger partial charge in [0.15, 0.2) is 0 Å². The van der Waals surface area contributed by atoms with Crippen molar-refractivity contribution in [3.8, 4) is 0 Å². The van der Waals surface area contributed by atoms with E-state index in [0.717, 1.165) is 13.0 Å². The van der Waals surface area contributed by atoms with Crippen LogP contribution in [0.25, 0.3) is 0 Å². The summed E-state index contributed by atoms with van der Waals surface area (Å²) in [6, 6.07) is 10.3. The third-order valence-electron chi connectivity index (χ3n) is 4.00. The first-order valence-electron chi connectivity index (χ1n) is 6.78. The number of nitrogens with zero attached hydrogens (tertiary/aromatic N) is 1. The van der Waals surface area contributed by atoms with Gasteiger partial charge in [0.1, 0.15) is 0 Å². The first kappa shape index (κ1) is 13.6. The smallest absolute Gasteiger partial charge is 0.227 e. The second kappa shape index (κ2) is 5.87. The number of carbonyl (C=O) groups is 1. The maximum atomic E-state index is 12.5. The van der Waals surface area contributed by atoms with E-state index in [2.05, 4.69) is 32.2 Å². The molecule has 100 valence electrons. The first-order chi connectivity index (χ1) is 9.19. The molecule has 2 heteroatoms. The SMILES string of the molecule is C=CC[C@@H]1C(=O)N([C@H](C)c2ccccc2)C[C@H]1C=C. The van der Waals surface area contributed by atoms with Crippen LogP contribution in [0.3, 0.4) is 0 Å². The molecule has 2 rings (SSSR count). The Labute approximate surface area is 115 Å². The summed E-state index contributed by atoms with van der Waals surface area (Å²) in [4.78, 5) is 14.5. The maximum absolute atomic E-state index is 12.5. The van der Waals surface area contributed by atoms with Crippen LogP contribution in [0, 0.1) is 11.8 Å². The Morgan fingerprint density at radius 2 is 2.05 bits per heavy atom. The van der Waals surface area contributed by atoms with Crippen LogP contribution < -0.4 is 0 Å². The largest absolute Gasteiger partial charge is 0.335 e. The number of carbonyl (C=O) groups excluding carboxylic acids is 1. The van der Waals surface area contributed by atoms with Gasteiger partial charge in [-0.3, -0.25) is 4.79 Å². The minimum absolute atomic E-state index is 0.0150. The van der Waals surface area contributed by atoms with E-state index in [9.17, 15) is 4.79 Å². The fourth-order valence-corrected chi connectivity index (χ4v) is 2.79. The van der Waals surface area contributed by atoms with Crippen molar-refractivity contribution in [1.29, 1.82) is 0 Å². The molecule has 1 aromatic carbocycles. The fourth-order valence-electron chi connectivity index (χ4n) is 2.79. The normalized spacial score (nSPS) is 24.3. The lowest BCUT2D eigenvalue weighted by molar-refractivity contribution is -0.132. The van der Waals surface area contributed by atoms with E-state index < -0.39 is 0 Å². The van der Waals surface area contributed by atoms with Gasteiger partial charge in [-0.05, 0) is 18.9 Å². The summed E-state index contributed by atoms with van der Waals surface area (Å²) in [5.74, 6) is 0.471. The van der Waals surface area contributed by atoms with Gasteiger partial charge in [0.25, 0.3) is 0 Å². The van der Waals surface area contributed by atoms with Crippen LogP contribution in [0.1, 0.15) is 24.9 Å². The molecule has 1 heterocycles. The molecular formula is C17H21NO. The van der Waals surface area contributed by atoms with Gasteiger partial charge >= 0.3 is 0 Å². The molecule has 0 bridgehead atoms. The van der Waals surface area contributed by atoms with Gasteiger partial charge in [-0.15, -0.1) is 13.2 Å². The highest BCUT2D eigenvalue weighted by atomic mass is 16.2. The summed E-state index contributed by atoms with van der Waals surface area (Å²) in [6.45, 7) is 10.5. The van der Waals surface area contributed by atoms with Crippen molar-refractivity contribution in [3.63, 3.8) is 0 Å². The van der Waals surface area contributed by atoms with E-state index in [-0.39, 0.29) is 23.8 Å². The van der Waals surface area contributed by atoms with Crippen LogP contribution in [0.15, 0.2) is 55.6 Å². The van der Waals surface area contributed by atoms with Crippen molar-refractivity contribution in [2.24, 2.45) is 11.8 Å². The van der Waals surface area contributed by atoms with E-state index in [0.29, 0.717) is 0 Å². The molecule has 0 N–H and O–H groups in total. The molecule has 1 aromatic rings. The van der Waals surface area contributed by atoms with E-state index in [1.807, 2.05) is 35.3 Å². The molecule has 19 heavy (non-hydrogen) atoms. The molecule has 0 unspecified atom stereocenters. The van der Waals surface area contributed by atoms with E-state index in [4.69, 9.17) is 0 Å². The monoisotopic (exact) mass is 255 g/mol. The number of amides is 1. The topological polar surface area (TPSA) is 20.3 Å². The minimum Gasteiger partial charge on any atom is -0.335 e. The van der Waals surface area contributed by atoms with Gasteiger partial charge in [0, 0.05) is 18.4 Å². The number of hydrogen-bond acceptors (Lipinski definition) is 1. The first-order valence-corrected chi connectivity index (χ1v) is 6.78. The summed E-state index contributed by atoms with van der Waals surface area (Å²) in [6.07, 6.45) is 4.47. The maximum Gasteiger partial charge on any atom is 0.227 e. The zero-order valence-electron chi connectivity index (χ0n) is 11.5. The average Bonchev–Trinajstić information content (AvgIpc) is 2.76. The molecule has 1 aliphatic rings. The van der Waals surface area contributed by atoms with Gasteiger partial charge < -0.3 is 4.90 Å². The second-order valence-electron chi connectivity index (χ2n) is 5.11. The lowest BCUT2D eigenvalue weighted by Gasteiger charge is -2.25. The number of hydrogen-bond donors (Lipinski definition) is 0. The summed E-state index contributed by atoms with van der Waals surface area (Å²) in [5.41, 5.74) is 1.18. The summed E-state index contributed by atoms with van der Waals surface area (Å²) in [7, 11) is 0. The Hall–Kier alpha value is -1.83. The predicted molar refractivity (Wildman–Crippen MR) is 78.6 cm³/mol. The predicted octanol–water partition coefficient (Wildman–Crippen LogP) is 3.58. The lowest BCUT2D eigenvalue weighted by Crippen LogP contribution is -2.30. The molecule has 1 aliphatic heterocycles. The third-order valence-corrected chi connectivity index (χ3v) is 4.00. The Bertz CT molecular complexity index is 465. The fraction of sp³-hybridized carbons (Fsp3) is 0.353. The van der Waals surface area contributed by atoms with E-state index >= 15 is 0 Å². The highest BCUT2D eigenvalue weighted by Gasteiger charge is 2.39. The van der Waals surface area contributed by atoms with Crippen molar-refractivity contribution in [2.45, 2.75) is 19.4 Å². The number of benzene rings is 1. The van der Waals surface area contributed by atoms with Crippen molar-refractivity contribution in [2.75, 3.05) is 6.54 Å². The van der Waals surface area contributed by atoms with Crippen molar-refractivity contribution in [3.05, 3.63) is 61.2 Å². The molecule has 3 atom stereocenters. The van der Waals surface area contributed by atoms with E-state index in [1.165, 1.54) is 5.56 Å². The molecule has 2 nitrogen and oxygen atoms in total. The summed E-state index contributed by atoms with van der Waals surface area (Å²) < 4.78 is 0. The van der Waals surface area contributed by atoms with Gasteiger partial charge in [-0.1, -0.05) is 42.5 Å². The molecule has 0 aliphatic carbocycles. The highest BCUT2D eigenvalue weighted by molar-refractivity contribution is 5.82. The zero-order valence-corrected chi connectivity index (χ0v) is 11.5. The minimum atomic E-state index is 0.0150. The van der Waals surface area contributed by atoms with Crippen LogP contribution in [0.4, 0.5) is 0 Å². The number of allylic oxidation sites excluding steroid dienone is 1. The number of likely N-dealkylation sites (tertiary alicyclic amines) is 1. The molecule has 1 fully saturated rings. The number of rotatable bonds is 5. The Morgan fingerprint density at radius 3 is 2.63 bits per heavy atom. The van der Waals surface area contributed by atoms with Gasteiger partial charge in [-0.25, -0.2) is 0 Å². The van der Waals surface area contributed by atoms with Crippen molar-refractivity contribution < 1.29 is 4.79 Å². The van der Waals surface area contributed by atoms with Crippen molar-refractivity contribution >= 4 is 5.91 Å². The van der Waals surface area contributed by atoms with Crippen LogP contribution in [-0.2, 0) is 4.79 Å². The third kappa shape index (κ3) is 2.62. The quantitative estimate of drug-likeness (QED) is 0.736. The molecule has 1 saturated heterocycles. The second-order valence-corrected chi connectivity index (χ2v) is 5.11. The molecule has 1 amide bonds. The Balaban J connectivity index is 2.20. The average molecular weight is 255 g/mol. The molecular weight excluding hydrogens is 234 g/mol. The van der Waals surface area contributed by atoms with Crippen LogP contribution in [0.5, 0.6) is 0 Å². The van der Waals surface area contributed by atoms with Crippen LogP contribution >= 0.6 is 0 Å². The highest BCUT2D eigenvalue weighted by Crippen LogP contribution is 2.34. The lowest BCUT2D eigenvalue weighted by atomic mass is 9.93. The zero-order chi connectivity index (χ0) is 13.8. The van der Waals surface area contributed by atoms with Gasteiger partial charge in [-0.2, -0.15) is 0 Å². The summed E-state index contributed by atoms with van der Waals surface area (Å²) >= 11 is 0. The Kier molecular flexibility index (Phi) is 4.20. The molecule has 0 spiro atoms. The van der Waals surface area contributed by atoms with E-state index in [1.54, 1.807) is 0 Å². The van der Waals surface area contributed by atoms with Crippen molar-refractivity contribution in [1.82, 2.24) is 4.90 Å². The van der Waals surface area contributed by atoms with Crippen LogP contribution in [0.2, 0.25) is 0 Å². The standard InChI is InChI=1S/C17H21NO/c1-4-9-16-14(5-2)12-18(17(16)19)13(3)15-10-7-6-8-11-15/h4-8,10-11,13-14,16H,1-2,9,12H2,3H3/t13-,14-,16+/m1/s1. The molecule has 0 saturated carbocycles.